The van der Waals surface area contributed by atoms with Crippen molar-refractivity contribution in [3.05, 3.63) is 24.3 Å². The zero-order valence-corrected chi connectivity index (χ0v) is 52.2. The van der Waals surface area contributed by atoms with Crippen molar-refractivity contribution in [3.63, 3.8) is 0 Å². The molecule has 77 heavy (non-hydrogen) atoms. The van der Waals surface area contributed by atoms with E-state index in [1.165, 1.54) is 327 Å². The van der Waals surface area contributed by atoms with Gasteiger partial charge in [0, 0.05) is 12.8 Å². The van der Waals surface area contributed by atoms with Gasteiger partial charge in [0.1, 0.15) is 0 Å². The maximum Gasteiger partial charge on any atom is 0.305 e. The Labute approximate surface area is 481 Å². The number of rotatable bonds is 66. The van der Waals surface area contributed by atoms with E-state index in [9.17, 15) is 19.8 Å². The van der Waals surface area contributed by atoms with Crippen molar-refractivity contribution in [1.82, 2.24) is 5.32 Å². The molecule has 2 unspecified atom stereocenters. The Bertz CT molecular complexity index is 1200. The Hall–Kier alpha value is -1.66. The number of nitrogens with one attached hydrogen (secondary N) is 1. The monoisotopic (exact) mass is 1080 g/mol. The van der Waals surface area contributed by atoms with E-state index in [1.54, 1.807) is 6.08 Å². The molecule has 456 valence electrons. The lowest BCUT2D eigenvalue weighted by Gasteiger charge is -2.20. The molecule has 0 rings (SSSR count). The summed E-state index contributed by atoms with van der Waals surface area (Å²) in [7, 11) is 0. The summed E-state index contributed by atoms with van der Waals surface area (Å²) in [4.78, 5) is 24.6. The van der Waals surface area contributed by atoms with E-state index >= 15 is 0 Å². The molecule has 0 spiro atoms. The minimum atomic E-state index is -0.844. The van der Waals surface area contributed by atoms with Crippen molar-refractivity contribution in [2.24, 2.45) is 0 Å². The highest BCUT2D eigenvalue weighted by Gasteiger charge is 2.18. The number of hydrogen-bond acceptors (Lipinski definition) is 5. The molecule has 6 nitrogen and oxygen atoms in total. The van der Waals surface area contributed by atoms with Gasteiger partial charge in [-0.25, -0.2) is 0 Å². The highest BCUT2D eigenvalue weighted by Crippen LogP contribution is 2.18. The average Bonchev–Trinajstić information content (AvgIpc) is 3.43. The number of carbonyl (C=O) groups is 2. The Morgan fingerprint density at radius 3 is 0.922 bits per heavy atom. The summed E-state index contributed by atoms with van der Waals surface area (Å²) in [6.45, 7) is 4.94. The van der Waals surface area contributed by atoms with E-state index in [0.717, 1.165) is 38.5 Å². The smallest absolute Gasteiger partial charge is 0.305 e. The van der Waals surface area contributed by atoms with E-state index in [-0.39, 0.29) is 18.5 Å². The van der Waals surface area contributed by atoms with Gasteiger partial charge in [0.05, 0.1) is 25.4 Å². The van der Waals surface area contributed by atoms with Gasteiger partial charge in [-0.2, -0.15) is 0 Å². The van der Waals surface area contributed by atoms with E-state index in [2.05, 4.69) is 31.3 Å². The SMILES string of the molecule is CCCCCCCCCCCCCCCCCC/C=C/C(O)C(CO)NC(=O)CCCCCCCCCCCCCCC/C=C\CCCCCCCCCCCCCCOC(=O)CCCCCCCCCCCCCCC. The van der Waals surface area contributed by atoms with Crippen LogP contribution in [0.1, 0.15) is 393 Å². The molecule has 6 heteroatoms. The number of esters is 1. The average molecular weight is 1080 g/mol. The van der Waals surface area contributed by atoms with Crippen LogP contribution < -0.4 is 5.32 Å². The van der Waals surface area contributed by atoms with Gasteiger partial charge < -0.3 is 20.3 Å². The first-order valence-corrected chi connectivity index (χ1v) is 35.1. The standard InChI is InChI=1S/C71H137NO5/c1-3-5-7-9-11-13-15-17-18-19-33-36-40-43-47-51-55-59-63-69(74)68(67-73)72-70(75)64-60-56-52-48-44-41-37-34-31-29-27-25-23-21-20-22-24-26-28-30-32-35-38-42-46-50-54-58-62-66-77-71(76)65-61-57-53-49-45-39-16-14-12-10-8-6-4-2/h20,22,59,63,68-69,73-74H,3-19,21,23-58,60-62,64-67H2,1-2H3,(H,72,75)/b22-20-,63-59+. The summed E-state index contributed by atoms with van der Waals surface area (Å²) in [6, 6.07) is -0.627. The van der Waals surface area contributed by atoms with Crippen LogP contribution in [0.4, 0.5) is 0 Å². The summed E-state index contributed by atoms with van der Waals surface area (Å²) in [5.41, 5.74) is 0. The van der Waals surface area contributed by atoms with Gasteiger partial charge in [-0.3, -0.25) is 9.59 Å². The predicted molar refractivity (Wildman–Crippen MR) is 338 cm³/mol. The fourth-order valence-electron chi connectivity index (χ4n) is 11.1. The third-order valence-electron chi connectivity index (χ3n) is 16.5. The molecule has 1 amide bonds. The van der Waals surface area contributed by atoms with E-state index < -0.39 is 12.1 Å². The summed E-state index contributed by atoms with van der Waals surface area (Å²) in [5.74, 6) is -0.0454. The quantitative estimate of drug-likeness (QED) is 0.0320. The topological polar surface area (TPSA) is 95.9 Å². The maximum absolute atomic E-state index is 12.5. The van der Waals surface area contributed by atoms with Gasteiger partial charge in [0.25, 0.3) is 0 Å². The summed E-state index contributed by atoms with van der Waals surface area (Å²) in [6.07, 6.45) is 84.0. The Balaban J connectivity index is 3.39. The number of aliphatic hydroxyl groups is 2. The van der Waals surface area contributed by atoms with Crippen LogP contribution in [0.25, 0.3) is 0 Å². The maximum atomic E-state index is 12.5. The van der Waals surface area contributed by atoms with Crippen molar-refractivity contribution in [1.29, 1.82) is 0 Å². The van der Waals surface area contributed by atoms with Crippen LogP contribution in [0.2, 0.25) is 0 Å². The molecule has 0 saturated heterocycles. The second-order valence-corrected chi connectivity index (χ2v) is 24.2. The van der Waals surface area contributed by atoms with Crippen LogP contribution >= 0.6 is 0 Å². The van der Waals surface area contributed by atoms with Gasteiger partial charge in [0.2, 0.25) is 5.91 Å². The van der Waals surface area contributed by atoms with Crippen LogP contribution in [-0.2, 0) is 14.3 Å². The van der Waals surface area contributed by atoms with Crippen molar-refractivity contribution >= 4 is 11.9 Å². The molecule has 0 aromatic heterocycles. The molecular weight excluding hydrogens is 947 g/mol. The minimum Gasteiger partial charge on any atom is -0.466 e. The van der Waals surface area contributed by atoms with Gasteiger partial charge in [-0.15, -0.1) is 0 Å². The molecule has 0 aromatic carbocycles. The molecule has 3 N–H and O–H groups in total. The molecule has 0 aliphatic carbocycles. The fourth-order valence-corrected chi connectivity index (χ4v) is 11.1. The number of ether oxygens (including phenoxy) is 1. The van der Waals surface area contributed by atoms with Crippen molar-refractivity contribution in [2.45, 2.75) is 405 Å². The number of allylic oxidation sites excluding steroid dienone is 3. The second kappa shape index (κ2) is 66.8. The van der Waals surface area contributed by atoms with Crippen molar-refractivity contribution in [2.75, 3.05) is 13.2 Å². The molecule has 0 aliphatic rings. The number of aliphatic hydroxyl groups excluding tert-OH is 2. The highest BCUT2D eigenvalue weighted by molar-refractivity contribution is 5.76. The van der Waals surface area contributed by atoms with E-state index in [0.29, 0.717) is 19.4 Å². The molecule has 0 aromatic rings. The van der Waals surface area contributed by atoms with E-state index in [1.807, 2.05) is 6.08 Å². The number of carbonyl (C=O) groups excluding carboxylic acids is 2. The summed E-state index contributed by atoms with van der Waals surface area (Å²) >= 11 is 0. The summed E-state index contributed by atoms with van der Waals surface area (Å²) in [5, 5.41) is 23.2. The number of unbranched alkanes of at least 4 members (excludes halogenated alkanes) is 53. The lowest BCUT2D eigenvalue weighted by atomic mass is 10.0. The largest absolute Gasteiger partial charge is 0.466 e. The third kappa shape index (κ3) is 63.4. The zero-order valence-electron chi connectivity index (χ0n) is 52.2. The van der Waals surface area contributed by atoms with Crippen LogP contribution in [0.15, 0.2) is 24.3 Å². The first-order valence-electron chi connectivity index (χ1n) is 35.1. The minimum absolute atomic E-state index is 0.0183. The molecule has 0 fully saturated rings. The Morgan fingerprint density at radius 1 is 0.351 bits per heavy atom. The van der Waals surface area contributed by atoms with Crippen LogP contribution in [0.5, 0.6) is 0 Å². The predicted octanol–water partition coefficient (Wildman–Crippen LogP) is 22.5. The van der Waals surface area contributed by atoms with Gasteiger partial charge in [0.15, 0.2) is 0 Å². The Kier molecular flexibility index (Phi) is 65.4. The first-order chi connectivity index (χ1) is 38.0. The first kappa shape index (κ1) is 75.3. The molecule has 0 bridgehead atoms. The molecule has 0 heterocycles. The lowest BCUT2D eigenvalue weighted by molar-refractivity contribution is -0.143. The number of amides is 1. The van der Waals surface area contributed by atoms with Gasteiger partial charge in [-0.1, -0.05) is 346 Å². The molecule has 2 atom stereocenters. The second-order valence-electron chi connectivity index (χ2n) is 24.2. The third-order valence-corrected chi connectivity index (χ3v) is 16.5. The van der Waals surface area contributed by atoms with Crippen LogP contribution in [-0.4, -0.2) is 47.4 Å². The van der Waals surface area contributed by atoms with Crippen molar-refractivity contribution < 1.29 is 24.5 Å². The summed E-state index contributed by atoms with van der Waals surface area (Å²) < 4.78 is 5.49. The van der Waals surface area contributed by atoms with Crippen molar-refractivity contribution in [3.8, 4) is 0 Å². The van der Waals surface area contributed by atoms with Crippen LogP contribution in [0.3, 0.4) is 0 Å². The normalized spacial score (nSPS) is 12.6. The fraction of sp³-hybridized carbons (Fsp3) is 0.915. The van der Waals surface area contributed by atoms with E-state index in [4.69, 9.17) is 4.74 Å². The van der Waals surface area contributed by atoms with Crippen LogP contribution in [0, 0.1) is 0 Å². The zero-order chi connectivity index (χ0) is 55.7. The van der Waals surface area contributed by atoms with Gasteiger partial charge >= 0.3 is 5.97 Å². The van der Waals surface area contributed by atoms with Gasteiger partial charge in [-0.05, 0) is 57.8 Å². The number of hydrogen-bond donors (Lipinski definition) is 3. The Morgan fingerprint density at radius 2 is 0.610 bits per heavy atom. The molecule has 0 saturated carbocycles. The lowest BCUT2D eigenvalue weighted by Crippen LogP contribution is -2.45. The molecule has 0 radical (unpaired) electrons. The molecular formula is C71H137NO5. The molecule has 0 aliphatic heterocycles. The highest BCUT2D eigenvalue weighted by atomic mass is 16.5.